The average Bonchev–Trinajstić information content (AvgIpc) is 2.54. The van der Waals surface area contributed by atoms with Gasteiger partial charge in [-0.3, -0.25) is 4.79 Å². The molecule has 1 aromatic rings. The Morgan fingerprint density at radius 3 is 2.14 bits per heavy atom. The molecule has 0 heterocycles. The van der Waals surface area contributed by atoms with E-state index in [1.807, 2.05) is 13.0 Å². The molecular formula is C17H24O4. The lowest BCUT2D eigenvalue weighted by Gasteiger charge is -2.36. The summed E-state index contributed by atoms with van der Waals surface area (Å²) in [4.78, 5) is 13.2. The fourth-order valence-electron chi connectivity index (χ4n) is 3.14. The summed E-state index contributed by atoms with van der Waals surface area (Å²) in [6.07, 6.45) is 4.72. The minimum Gasteiger partial charge on any atom is -0.496 e. The third kappa shape index (κ3) is 3.05. The maximum absolute atomic E-state index is 13.2. The van der Waals surface area contributed by atoms with Crippen LogP contribution in [0.1, 0.15) is 49.4 Å². The zero-order valence-electron chi connectivity index (χ0n) is 13.1. The molecule has 4 heteroatoms. The molecule has 1 fully saturated rings. The summed E-state index contributed by atoms with van der Waals surface area (Å²) in [5.41, 5.74) is -0.229. The summed E-state index contributed by atoms with van der Waals surface area (Å²) in [5.74, 6) is 1.08. The first-order valence-corrected chi connectivity index (χ1v) is 7.58. The second-order valence-electron chi connectivity index (χ2n) is 5.35. The van der Waals surface area contributed by atoms with Crippen LogP contribution in [-0.2, 0) is 4.74 Å². The molecule has 0 unspecified atom stereocenters. The van der Waals surface area contributed by atoms with Crippen molar-refractivity contribution in [3.8, 4) is 11.5 Å². The zero-order chi connectivity index (χ0) is 15.3. The highest BCUT2D eigenvalue weighted by Gasteiger charge is 2.42. The van der Waals surface area contributed by atoms with Gasteiger partial charge in [0.15, 0.2) is 0 Å². The molecule has 0 aromatic heterocycles. The van der Waals surface area contributed by atoms with Gasteiger partial charge < -0.3 is 14.2 Å². The first-order chi connectivity index (χ1) is 10.2. The van der Waals surface area contributed by atoms with Gasteiger partial charge >= 0.3 is 0 Å². The summed E-state index contributed by atoms with van der Waals surface area (Å²) < 4.78 is 16.7. The van der Waals surface area contributed by atoms with E-state index in [1.54, 1.807) is 26.4 Å². The average molecular weight is 292 g/mol. The number of Topliss-reactive ketones (excluding diaryl/α,β-unsaturated/α-hetero) is 1. The molecule has 1 aliphatic rings. The van der Waals surface area contributed by atoms with E-state index in [2.05, 4.69) is 0 Å². The third-order valence-corrected chi connectivity index (χ3v) is 4.15. The van der Waals surface area contributed by atoms with Crippen LogP contribution in [0.5, 0.6) is 11.5 Å². The summed E-state index contributed by atoms with van der Waals surface area (Å²) in [6.45, 7) is 2.46. The van der Waals surface area contributed by atoms with Crippen molar-refractivity contribution in [1.82, 2.24) is 0 Å². The van der Waals surface area contributed by atoms with Crippen molar-refractivity contribution >= 4 is 5.78 Å². The fourth-order valence-corrected chi connectivity index (χ4v) is 3.14. The SMILES string of the molecule is CCOC1(C(=O)c2c(OC)cccc2OC)CCCCC1. The predicted molar refractivity (Wildman–Crippen MR) is 81.3 cm³/mol. The molecule has 0 atom stereocenters. The van der Waals surface area contributed by atoms with E-state index in [0.717, 1.165) is 32.1 Å². The van der Waals surface area contributed by atoms with Crippen LogP contribution in [0.2, 0.25) is 0 Å². The number of rotatable bonds is 6. The molecule has 1 aromatic carbocycles. The quantitative estimate of drug-likeness (QED) is 0.751. The summed E-state index contributed by atoms with van der Waals surface area (Å²) >= 11 is 0. The molecule has 1 aliphatic carbocycles. The molecule has 0 N–H and O–H groups in total. The van der Waals surface area contributed by atoms with Crippen LogP contribution in [0.25, 0.3) is 0 Å². The van der Waals surface area contributed by atoms with Gasteiger partial charge in [-0.1, -0.05) is 25.3 Å². The van der Waals surface area contributed by atoms with Gasteiger partial charge in [0.25, 0.3) is 0 Å². The van der Waals surface area contributed by atoms with Crippen LogP contribution in [0.15, 0.2) is 18.2 Å². The highest BCUT2D eigenvalue weighted by molar-refractivity contribution is 6.07. The summed E-state index contributed by atoms with van der Waals surface area (Å²) in [5, 5.41) is 0. The number of hydrogen-bond acceptors (Lipinski definition) is 4. The van der Waals surface area contributed by atoms with Crippen LogP contribution < -0.4 is 9.47 Å². The smallest absolute Gasteiger partial charge is 0.202 e. The lowest BCUT2D eigenvalue weighted by atomic mass is 9.79. The Hall–Kier alpha value is -1.55. The summed E-state index contributed by atoms with van der Waals surface area (Å²) in [6, 6.07) is 5.40. The molecule has 0 spiro atoms. The van der Waals surface area contributed by atoms with Crippen molar-refractivity contribution in [2.75, 3.05) is 20.8 Å². The Morgan fingerprint density at radius 1 is 1.10 bits per heavy atom. The first kappa shape index (κ1) is 15.8. The van der Waals surface area contributed by atoms with Gasteiger partial charge in [0.05, 0.1) is 14.2 Å². The molecule has 1 saturated carbocycles. The topological polar surface area (TPSA) is 44.8 Å². The zero-order valence-corrected chi connectivity index (χ0v) is 13.1. The van der Waals surface area contributed by atoms with E-state index in [0.29, 0.717) is 23.7 Å². The molecule has 4 nitrogen and oxygen atoms in total. The number of ketones is 1. The fraction of sp³-hybridized carbons (Fsp3) is 0.588. The Balaban J connectivity index is 2.45. The lowest BCUT2D eigenvalue weighted by Crippen LogP contribution is -2.43. The third-order valence-electron chi connectivity index (χ3n) is 4.15. The molecule has 2 rings (SSSR count). The Morgan fingerprint density at radius 2 is 1.67 bits per heavy atom. The number of methoxy groups -OCH3 is 2. The second-order valence-corrected chi connectivity index (χ2v) is 5.35. The molecule has 21 heavy (non-hydrogen) atoms. The van der Waals surface area contributed by atoms with Gasteiger partial charge in [-0.05, 0) is 31.9 Å². The first-order valence-electron chi connectivity index (χ1n) is 7.58. The van der Waals surface area contributed by atoms with E-state index in [-0.39, 0.29) is 5.78 Å². The minimum atomic E-state index is -0.727. The van der Waals surface area contributed by atoms with Crippen molar-refractivity contribution in [1.29, 1.82) is 0 Å². The standard InChI is InChI=1S/C17H24O4/c1-4-21-17(11-6-5-7-12-17)16(18)15-13(19-2)9-8-10-14(15)20-3/h8-10H,4-7,11-12H2,1-3H3. The van der Waals surface area contributed by atoms with E-state index in [4.69, 9.17) is 14.2 Å². The number of carbonyl (C=O) groups excluding carboxylic acids is 1. The van der Waals surface area contributed by atoms with Crippen molar-refractivity contribution in [3.05, 3.63) is 23.8 Å². The van der Waals surface area contributed by atoms with E-state index >= 15 is 0 Å². The minimum absolute atomic E-state index is 0.0154. The number of ether oxygens (including phenoxy) is 3. The second kappa shape index (κ2) is 6.94. The Labute approximate surface area is 126 Å². The molecular weight excluding hydrogens is 268 g/mol. The maximum atomic E-state index is 13.2. The maximum Gasteiger partial charge on any atom is 0.202 e. The monoisotopic (exact) mass is 292 g/mol. The molecule has 0 aliphatic heterocycles. The molecule has 0 amide bonds. The highest BCUT2D eigenvalue weighted by atomic mass is 16.5. The van der Waals surface area contributed by atoms with E-state index in [9.17, 15) is 4.79 Å². The van der Waals surface area contributed by atoms with E-state index in [1.165, 1.54) is 0 Å². The molecule has 116 valence electrons. The van der Waals surface area contributed by atoms with Gasteiger partial charge in [-0.2, -0.15) is 0 Å². The van der Waals surface area contributed by atoms with Crippen LogP contribution in [0.4, 0.5) is 0 Å². The van der Waals surface area contributed by atoms with Crippen molar-refractivity contribution in [2.24, 2.45) is 0 Å². The van der Waals surface area contributed by atoms with Crippen LogP contribution in [0.3, 0.4) is 0 Å². The van der Waals surface area contributed by atoms with Crippen molar-refractivity contribution in [2.45, 2.75) is 44.6 Å². The predicted octanol–water partition coefficient (Wildman–Crippen LogP) is 3.63. The van der Waals surface area contributed by atoms with Crippen LogP contribution in [-0.4, -0.2) is 32.2 Å². The van der Waals surface area contributed by atoms with Gasteiger partial charge in [0.2, 0.25) is 5.78 Å². The van der Waals surface area contributed by atoms with Crippen molar-refractivity contribution < 1.29 is 19.0 Å². The van der Waals surface area contributed by atoms with Gasteiger partial charge in [0.1, 0.15) is 22.7 Å². The number of benzene rings is 1. The van der Waals surface area contributed by atoms with Gasteiger partial charge in [-0.15, -0.1) is 0 Å². The van der Waals surface area contributed by atoms with E-state index < -0.39 is 5.60 Å². The normalized spacial score (nSPS) is 17.3. The number of hydrogen-bond donors (Lipinski definition) is 0. The van der Waals surface area contributed by atoms with Gasteiger partial charge in [0, 0.05) is 6.61 Å². The van der Waals surface area contributed by atoms with Crippen LogP contribution in [0, 0.1) is 0 Å². The molecule has 0 radical (unpaired) electrons. The van der Waals surface area contributed by atoms with Crippen molar-refractivity contribution in [3.63, 3.8) is 0 Å². The lowest BCUT2D eigenvalue weighted by molar-refractivity contribution is -0.0413. The summed E-state index contributed by atoms with van der Waals surface area (Å²) in [7, 11) is 3.14. The van der Waals surface area contributed by atoms with Crippen LogP contribution >= 0.6 is 0 Å². The highest BCUT2D eigenvalue weighted by Crippen LogP contribution is 2.39. The Bertz CT molecular complexity index is 462. The van der Waals surface area contributed by atoms with Gasteiger partial charge in [-0.25, -0.2) is 0 Å². The molecule has 0 saturated heterocycles. The largest absolute Gasteiger partial charge is 0.496 e. The molecule has 0 bridgehead atoms. The Kier molecular flexibility index (Phi) is 5.23. The number of carbonyl (C=O) groups is 1.